The first kappa shape index (κ1) is 23.1. The number of benzene rings is 1. The van der Waals surface area contributed by atoms with E-state index in [1.54, 1.807) is 0 Å². The van der Waals surface area contributed by atoms with Crippen molar-refractivity contribution < 1.29 is 18.9 Å². The Balaban J connectivity index is 1.68. The molecule has 1 aromatic rings. The molecule has 0 saturated carbocycles. The normalized spacial score (nSPS) is 11.1. The molecule has 4 nitrogen and oxygen atoms in total. The lowest BCUT2D eigenvalue weighted by atomic mass is 10.1. The van der Waals surface area contributed by atoms with Gasteiger partial charge < -0.3 is 18.9 Å². The molecular formula is C22H38O4. The lowest BCUT2D eigenvalue weighted by Crippen LogP contribution is -2.12. The average Bonchev–Trinajstić information content (AvgIpc) is 2.68. The molecule has 0 unspecified atom stereocenters. The van der Waals surface area contributed by atoms with Gasteiger partial charge in [0.2, 0.25) is 0 Å². The van der Waals surface area contributed by atoms with Crippen LogP contribution in [0.1, 0.15) is 57.4 Å². The topological polar surface area (TPSA) is 36.9 Å². The molecule has 1 aromatic carbocycles. The van der Waals surface area contributed by atoms with Gasteiger partial charge in [0.15, 0.2) is 0 Å². The third-order valence-corrected chi connectivity index (χ3v) is 4.12. The molecule has 0 amide bonds. The third kappa shape index (κ3) is 15.3. The van der Waals surface area contributed by atoms with Gasteiger partial charge in [0.05, 0.1) is 46.2 Å². The second kappa shape index (κ2) is 18.8. The van der Waals surface area contributed by atoms with Crippen LogP contribution in [0.2, 0.25) is 0 Å². The first-order valence-electron chi connectivity index (χ1n) is 10.3. The molecule has 0 aliphatic heterocycles. The predicted molar refractivity (Wildman–Crippen MR) is 107 cm³/mol. The van der Waals surface area contributed by atoms with Crippen molar-refractivity contribution in [3.63, 3.8) is 0 Å². The van der Waals surface area contributed by atoms with Gasteiger partial charge >= 0.3 is 0 Å². The summed E-state index contributed by atoms with van der Waals surface area (Å²) in [6.45, 7) is 7.49. The Bertz CT molecular complexity index is 383. The number of hydrogen-bond donors (Lipinski definition) is 0. The molecule has 0 N–H and O–H groups in total. The van der Waals surface area contributed by atoms with Gasteiger partial charge in [-0.2, -0.15) is 0 Å². The summed E-state index contributed by atoms with van der Waals surface area (Å²) in [5.41, 5.74) is 1.19. The van der Waals surface area contributed by atoms with E-state index in [1.165, 1.54) is 44.1 Å². The van der Waals surface area contributed by atoms with E-state index in [1.807, 2.05) is 18.2 Å². The maximum Gasteiger partial charge on any atom is 0.0718 e. The minimum Gasteiger partial charge on any atom is -0.379 e. The van der Waals surface area contributed by atoms with Crippen LogP contribution in [-0.2, 0) is 25.6 Å². The monoisotopic (exact) mass is 366 g/mol. The SMILES string of the molecule is CCCCCCCCCOCCOCCOCCOCc1ccccc1. The summed E-state index contributed by atoms with van der Waals surface area (Å²) < 4.78 is 22.1. The molecule has 0 radical (unpaired) electrons. The zero-order valence-corrected chi connectivity index (χ0v) is 16.6. The molecular weight excluding hydrogens is 328 g/mol. The van der Waals surface area contributed by atoms with Crippen LogP contribution >= 0.6 is 0 Å². The van der Waals surface area contributed by atoms with Crippen molar-refractivity contribution in [1.82, 2.24) is 0 Å². The molecule has 0 bridgehead atoms. The maximum atomic E-state index is 5.58. The van der Waals surface area contributed by atoms with Crippen molar-refractivity contribution in [1.29, 1.82) is 0 Å². The van der Waals surface area contributed by atoms with E-state index < -0.39 is 0 Å². The second-order valence-corrected chi connectivity index (χ2v) is 6.50. The quantitative estimate of drug-likeness (QED) is 0.323. The first-order chi connectivity index (χ1) is 12.9. The summed E-state index contributed by atoms with van der Waals surface area (Å²) in [4.78, 5) is 0. The molecule has 0 aliphatic carbocycles. The van der Waals surface area contributed by atoms with Gasteiger partial charge in [0.25, 0.3) is 0 Å². The van der Waals surface area contributed by atoms with Crippen molar-refractivity contribution in [2.24, 2.45) is 0 Å². The minimum absolute atomic E-state index is 0.602. The summed E-state index contributed by atoms with van der Waals surface area (Å²) in [5.74, 6) is 0. The molecule has 0 fully saturated rings. The molecule has 26 heavy (non-hydrogen) atoms. The Morgan fingerprint density at radius 2 is 1.04 bits per heavy atom. The lowest BCUT2D eigenvalue weighted by Gasteiger charge is -2.07. The van der Waals surface area contributed by atoms with Gasteiger partial charge in [-0.25, -0.2) is 0 Å². The molecule has 0 heterocycles. The molecule has 1 rings (SSSR count). The van der Waals surface area contributed by atoms with E-state index in [-0.39, 0.29) is 0 Å². The molecule has 0 spiro atoms. The van der Waals surface area contributed by atoms with Gasteiger partial charge in [-0.05, 0) is 12.0 Å². The maximum absolute atomic E-state index is 5.58. The van der Waals surface area contributed by atoms with E-state index in [2.05, 4.69) is 19.1 Å². The number of hydrogen-bond acceptors (Lipinski definition) is 4. The van der Waals surface area contributed by atoms with Gasteiger partial charge in [-0.15, -0.1) is 0 Å². The largest absolute Gasteiger partial charge is 0.379 e. The van der Waals surface area contributed by atoms with Crippen LogP contribution in [0.4, 0.5) is 0 Å². The molecule has 150 valence electrons. The van der Waals surface area contributed by atoms with Gasteiger partial charge in [0, 0.05) is 6.61 Å². The van der Waals surface area contributed by atoms with Crippen LogP contribution in [0.15, 0.2) is 30.3 Å². The van der Waals surface area contributed by atoms with Crippen LogP contribution in [0.25, 0.3) is 0 Å². The Morgan fingerprint density at radius 3 is 1.65 bits per heavy atom. The van der Waals surface area contributed by atoms with Gasteiger partial charge in [-0.1, -0.05) is 75.8 Å². The van der Waals surface area contributed by atoms with E-state index in [9.17, 15) is 0 Å². The Labute approximate surface area is 160 Å². The first-order valence-corrected chi connectivity index (χ1v) is 10.3. The fourth-order valence-electron chi connectivity index (χ4n) is 2.59. The fraction of sp³-hybridized carbons (Fsp3) is 0.727. The van der Waals surface area contributed by atoms with Crippen LogP contribution in [0.5, 0.6) is 0 Å². The summed E-state index contributed by atoms with van der Waals surface area (Å²) in [6.07, 6.45) is 9.23. The summed E-state index contributed by atoms with van der Waals surface area (Å²) in [6, 6.07) is 10.2. The summed E-state index contributed by atoms with van der Waals surface area (Å²) in [5, 5.41) is 0. The summed E-state index contributed by atoms with van der Waals surface area (Å²) >= 11 is 0. The highest BCUT2D eigenvalue weighted by Crippen LogP contribution is 2.06. The Hall–Kier alpha value is -0.940. The minimum atomic E-state index is 0.602. The van der Waals surface area contributed by atoms with Crippen molar-refractivity contribution in [2.75, 3.05) is 46.2 Å². The van der Waals surface area contributed by atoms with E-state index in [4.69, 9.17) is 18.9 Å². The lowest BCUT2D eigenvalue weighted by molar-refractivity contribution is -0.00440. The zero-order chi connectivity index (χ0) is 18.5. The highest BCUT2D eigenvalue weighted by Gasteiger charge is 1.95. The van der Waals surface area contributed by atoms with Crippen LogP contribution in [-0.4, -0.2) is 46.2 Å². The Kier molecular flexibility index (Phi) is 16.7. The molecule has 4 heteroatoms. The fourth-order valence-corrected chi connectivity index (χ4v) is 2.59. The average molecular weight is 367 g/mol. The highest BCUT2D eigenvalue weighted by molar-refractivity contribution is 5.13. The van der Waals surface area contributed by atoms with Crippen LogP contribution in [0.3, 0.4) is 0 Å². The number of rotatable bonds is 19. The smallest absolute Gasteiger partial charge is 0.0718 e. The molecule has 0 atom stereocenters. The van der Waals surface area contributed by atoms with Crippen molar-refractivity contribution in [2.45, 2.75) is 58.5 Å². The molecule has 0 aromatic heterocycles. The van der Waals surface area contributed by atoms with E-state index in [0.29, 0.717) is 46.2 Å². The van der Waals surface area contributed by atoms with Crippen molar-refractivity contribution >= 4 is 0 Å². The van der Waals surface area contributed by atoms with E-state index >= 15 is 0 Å². The predicted octanol–water partition coefficient (Wildman–Crippen LogP) is 5.00. The third-order valence-electron chi connectivity index (χ3n) is 4.12. The van der Waals surface area contributed by atoms with Crippen LogP contribution in [0, 0.1) is 0 Å². The number of ether oxygens (including phenoxy) is 4. The van der Waals surface area contributed by atoms with Crippen molar-refractivity contribution in [3.8, 4) is 0 Å². The molecule has 0 saturated heterocycles. The standard InChI is InChI=1S/C22H38O4/c1-2-3-4-5-6-7-11-14-23-15-16-24-17-18-25-19-20-26-21-22-12-9-8-10-13-22/h8-10,12-13H,2-7,11,14-21H2,1H3. The van der Waals surface area contributed by atoms with Crippen molar-refractivity contribution in [3.05, 3.63) is 35.9 Å². The number of unbranched alkanes of at least 4 members (excludes halogenated alkanes) is 6. The second-order valence-electron chi connectivity index (χ2n) is 6.50. The van der Waals surface area contributed by atoms with Gasteiger partial charge in [-0.3, -0.25) is 0 Å². The van der Waals surface area contributed by atoms with E-state index in [0.717, 1.165) is 13.0 Å². The highest BCUT2D eigenvalue weighted by atomic mass is 16.6. The van der Waals surface area contributed by atoms with Crippen LogP contribution < -0.4 is 0 Å². The van der Waals surface area contributed by atoms with Gasteiger partial charge in [0.1, 0.15) is 0 Å². The summed E-state index contributed by atoms with van der Waals surface area (Å²) in [7, 11) is 0. The zero-order valence-electron chi connectivity index (χ0n) is 16.6. The molecule has 0 aliphatic rings. The Morgan fingerprint density at radius 1 is 0.538 bits per heavy atom.